The van der Waals surface area contributed by atoms with E-state index >= 15 is 0 Å². The smallest absolute Gasteiger partial charge is 0.145 e. The van der Waals surface area contributed by atoms with Gasteiger partial charge in [-0.1, -0.05) is 12.1 Å². The van der Waals surface area contributed by atoms with Gasteiger partial charge < -0.3 is 10.5 Å². The van der Waals surface area contributed by atoms with Crippen LogP contribution < -0.4 is 10.5 Å². The second-order valence-corrected chi connectivity index (χ2v) is 4.12. The second kappa shape index (κ2) is 5.36. The number of benzene rings is 1. The molecule has 1 aromatic heterocycles. The molecule has 0 saturated heterocycles. The van der Waals surface area contributed by atoms with Gasteiger partial charge in [0.05, 0.1) is 12.8 Å². The minimum atomic E-state index is 0.235. The number of nitrogens with zero attached hydrogens (tertiary/aromatic N) is 3. The van der Waals surface area contributed by atoms with Crippen LogP contribution in [0.5, 0.6) is 5.75 Å². The van der Waals surface area contributed by atoms with E-state index in [4.69, 9.17) is 15.7 Å². The van der Waals surface area contributed by atoms with Gasteiger partial charge in [0.15, 0.2) is 0 Å². The number of hydrogen-bond acceptors (Lipinski definition) is 5. The van der Waals surface area contributed by atoms with Gasteiger partial charge in [0.25, 0.3) is 0 Å². The lowest BCUT2D eigenvalue weighted by Gasteiger charge is -2.06. The summed E-state index contributed by atoms with van der Waals surface area (Å²) >= 11 is 0. The third-order valence-corrected chi connectivity index (χ3v) is 2.80. The van der Waals surface area contributed by atoms with Crippen LogP contribution in [0.25, 0.3) is 0 Å². The van der Waals surface area contributed by atoms with Gasteiger partial charge in [-0.2, -0.15) is 5.26 Å². The molecular weight excluding hydrogens is 240 g/mol. The first-order chi connectivity index (χ1) is 9.13. The fourth-order valence-electron chi connectivity index (χ4n) is 1.80. The Hall–Kier alpha value is -2.61. The van der Waals surface area contributed by atoms with Crippen molar-refractivity contribution in [2.75, 3.05) is 12.8 Å². The lowest BCUT2D eigenvalue weighted by atomic mass is 10.1. The van der Waals surface area contributed by atoms with E-state index in [2.05, 4.69) is 9.97 Å². The molecule has 2 N–H and O–H groups in total. The normalized spacial score (nSPS) is 9.95. The van der Waals surface area contributed by atoms with Crippen molar-refractivity contribution in [3.05, 3.63) is 46.9 Å². The highest BCUT2D eigenvalue weighted by atomic mass is 16.5. The number of aryl methyl sites for hydroxylation is 1. The van der Waals surface area contributed by atoms with Crippen LogP contribution in [0.1, 0.15) is 22.6 Å². The monoisotopic (exact) mass is 254 g/mol. The van der Waals surface area contributed by atoms with Crippen molar-refractivity contribution in [3.63, 3.8) is 0 Å². The summed E-state index contributed by atoms with van der Waals surface area (Å²) in [6.07, 6.45) is 0.570. The summed E-state index contributed by atoms with van der Waals surface area (Å²) in [5.74, 6) is 1.65. The highest BCUT2D eigenvalue weighted by molar-refractivity contribution is 5.50. The summed E-state index contributed by atoms with van der Waals surface area (Å²) < 4.78 is 5.10. The van der Waals surface area contributed by atoms with Gasteiger partial charge in [0, 0.05) is 6.42 Å². The highest BCUT2D eigenvalue weighted by Crippen LogP contribution is 2.16. The molecule has 0 spiro atoms. The number of ether oxygens (including phenoxy) is 1. The van der Waals surface area contributed by atoms with Crippen LogP contribution in [0.3, 0.4) is 0 Å². The van der Waals surface area contributed by atoms with Crippen molar-refractivity contribution in [2.24, 2.45) is 0 Å². The van der Waals surface area contributed by atoms with Crippen molar-refractivity contribution in [1.82, 2.24) is 9.97 Å². The van der Waals surface area contributed by atoms with Crippen molar-refractivity contribution < 1.29 is 4.74 Å². The number of nitriles is 1. The molecule has 0 unspecified atom stereocenters. The maximum Gasteiger partial charge on any atom is 0.145 e. The van der Waals surface area contributed by atoms with Crippen LogP contribution in [0, 0.1) is 18.3 Å². The standard InChI is InChI=1S/C14H14N4O/c1-9-12(8-15)14(16)18-13(17-9)7-10-3-5-11(19-2)6-4-10/h3-6H,7H2,1-2H3,(H2,16,17,18). The summed E-state index contributed by atoms with van der Waals surface area (Å²) in [6.45, 7) is 1.76. The molecule has 1 heterocycles. The Morgan fingerprint density at radius 1 is 1.26 bits per heavy atom. The summed E-state index contributed by atoms with van der Waals surface area (Å²) in [5, 5.41) is 8.91. The minimum absolute atomic E-state index is 0.235. The second-order valence-electron chi connectivity index (χ2n) is 4.12. The Bertz CT molecular complexity index is 606. The van der Waals surface area contributed by atoms with Gasteiger partial charge in [-0.25, -0.2) is 9.97 Å². The lowest BCUT2D eigenvalue weighted by molar-refractivity contribution is 0.414. The molecule has 0 bridgehead atoms. The minimum Gasteiger partial charge on any atom is -0.497 e. The van der Waals surface area contributed by atoms with Crippen LogP contribution >= 0.6 is 0 Å². The third-order valence-electron chi connectivity index (χ3n) is 2.80. The Morgan fingerprint density at radius 2 is 1.95 bits per heavy atom. The molecule has 1 aromatic carbocycles. The summed E-state index contributed by atoms with van der Waals surface area (Å²) in [6, 6.07) is 9.67. The van der Waals surface area contributed by atoms with Crippen LogP contribution in [0.15, 0.2) is 24.3 Å². The molecule has 0 amide bonds. The maximum atomic E-state index is 8.91. The van der Waals surface area contributed by atoms with Crippen molar-refractivity contribution in [2.45, 2.75) is 13.3 Å². The SMILES string of the molecule is COc1ccc(Cc2nc(C)c(C#N)c(N)n2)cc1. The van der Waals surface area contributed by atoms with Crippen molar-refractivity contribution in [1.29, 1.82) is 5.26 Å². The van der Waals surface area contributed by atoms with Crippen LogP contribution in [0.2, 0.25) is 0 Å². The first kappa shape index (κ1) is 12.8. The zero-order valence-corrected chi connectivity index (χ0v) is 10.8. The van der Waals surface area contributed by atoms with E-state index in [1.54, 1.807) is 14.0 Å². The predicted molar refractivity (Wildman–Crippen MR) is 71.7 cm³/mol. The molecule has 2 rings (SSSR count). The summed E-state index contributed by atoms with van der Waals surface area (Å²) in [7, 11) is 1.63. The molecule has 19 heavy (non-hydrogen) atoms. The topological polar surface area (TPSA) is 84.8 Å². The first-order valence-corrected chi connectivity index (χ1v) is 5.80. The average Bonchev–Trinajstić information content (AvgIpc) is 2.39. The van der Waals surface area contributed by atoms with Crippen LogP contribution in [-0.2, 0) is 6.42 Å². The maximum absolute atomic E-state index is 8.91. The number of methoxy groups -OCH3 is 1. The molecule has 0 fully saturated rings. The quantitative estimate of drug-likeness (QED) is 0.903. The van der Waals surface area contributed by atoms with Gasteiger partial charge >= 0.3 is 0 Å². The zero-order valence-electron chi connectivity index (χ0n) is 10.8. The van der Waals surface area contributed by atoms with Crippen LogP contribution in [0.4, 0.5) is 5.82 Å². The molecule has 0 aliphatic carbocycles. The molecule has 5 heteroatoms. The van der Waals surface area contributed by atoms with Crippen LogP contribution in [-0.4, -0.2) is 17.1 Å². The van der Waals surface area contributed by atoms with Gasteiger partial charge in [-0.05, 0) is 24.6 Å². The highest BCUT2D eigenvalue weighted by Gasteiger charge is 2.09. The fraction of sp³-hybridized carbons (Fsp3) is 0.214. The molecular formula is C14H14N4O. The van der Waals surface area contributed by atoms with E-state index in [-0.39, 0.29) is 5.82 Å². The Balaban J connectivity index is 2.26. The Kier molecular flexibility index (Phi) is 3.62. The van der Waals surface area contributed by atoms with Gasteiger partial charge in [-0.3, -0.25) is 0 Å². The number of nitrogen functional groups attached to an aromatic ring is 1. The van der Waals surface area contributed by atoms with E-state index < -0.39 is 0 Å². The first-order valence-electron chi connectivity index (χ1n) is 5.80. The molecule has 0 aliphatic rings. The van der Waals surface area contributed by atoms with Crippen molar-refractivity contribution in [3.8, 4) is 11.8 Å². The number of aromatic nitrogens is 2. The number of hydrogen-bond donors (Lipinski definition) is 1. The van der Waals surface area contributed by atoms with E-state index in [1.165, 1.54) is 0 Å². The molecule has 0 saturated carbocycles. The largest absolute Gasteiger partial charge is 0.497 e. The molecule has 96 valence electrons. The van der Waals surface area contributed by atoms with E-state index in [1.807, 2.05) is 30.3 Å². The molecule has 0 radical (unpaired) electrons. The Labute approximate surface area is 111 Å². The lowest BCUT2D eigenvalue weighted by Crippen LogP contribution is -2.06. The summed E-state index contributed by atoms with van der Waals surface area (Å²) in [4.78, 5) is 8.45. The molecule has 2 aromatic rings. The van der Waals surface area contributed by atoms with E-state index in [9.17, 15) is 0 Å². The van der Waals surface area contributed by atoms with E-state index in [0.717, 1.165) is 11.3 Å². The molecule has 0 atom stereocenters. The van der Waals surface area contributed by atoms with Gasteiger partial charge in [0.2, 0.25) is 0 Å². The predicted octanol–water partition coefficient (Wildman–Crippen LogP) is 1.84. The molecule has 0 aliphatic heterocycles. The molecule has 5 nitrogen and oxygen atoms in total. The number of anilines is 1. The number of rotatable bonds is 3. The Morgan fingerprint density at radius 3 is 2.47 bits per heavy atom. The number of nitrogens with two attached hydrogens (primary N) is 1. The summed E-state index contributed by atoms with van der Waals surface area (Å²) in [5.41, 5.74) is 7.75. The van der Waals surface area contributed by atoms with Gasteiger partial charge in [-0.15, -0.1) is 0 Å². The van der Waals surface area contributed by atoms with E-state index in [0.29, 0.717) is 23.5 Å². The zero-order chi connectivity index (χ0) is 13.8. The fourth-order valence-corrected chi connectivity index (χ4v) is 1.80. The van der Waals surface area contributed by atoms with Gasteiger partial charge in [0.1, 0.15) is 29.0 Å². The average molecular weight is 254 g/mol. The third kappa shape index (κ3) is 2.80. The van der Waals surface area contributed by atoms with Crippen molar-refractivity contribution >= 4 is 5.82 Å².